The average molecular weight is 390 g/mol. The SMILES string of the molecule is CC.NCCCCN1CCN(c2ccc(NC3CCC(=O)NC3=O)cc2)CC1. The lowest BCUT2D eigenvalue weighted by atomic mass is 10.1. The summed E-state index contributed by atoms with van der Waals surface area (Å²) in [5.41, 5.74) is 7.67. The van der Waals surface area contributed by atoms with Crippen molar-refractivity contribution in [3.05, 3.63) is 24.3 Å². The van der Waals surface area contributed by atoms with E-state index in [1.54, 1.807) is 0 Å². The highest BCUT2D eigenvalue weighted by Gasteiger charge is 2.26. The van der Waals surface area contributed by atoms with E-state index in [4.69, 9.17) is 5.73 Å². The van der Waals surface area contributed by atoms with Crippen molar-refractivity contribution in [2.45, 2.75) is 45.6 Å². The summed E-state index contributed by atoms with van der Waals surface area (Å²) in [6.45, 7) is 10.1. The van der Waals surface area contributed by atoms with E-state index >= 15 is 0 Å². The minimum absolute atomic E-state index is 0.189. The number of nitrogens with two attached hydrogens (primary N) is 1. The van der Waals surface area contributed by atoms with Crippen LogP contribution >= 0.6 is 0 Å². The number of hydrogen-bond acceptors (Lipinski definition) is 6. The van der Waals surface area contributed by atoms with E-state index in [0.717, 1.165) is 51.4 Å². The smallest absolute Gasteiger partial charge is 0.249 e. The van der Waals surface area contributed by atoms with Crippen molar-refractivity contribution in [2.75, 3.05) is 49.5 Å². The first-order chi connectivity index (χ1) is 13.7. The van der Waals surface area contributed by atoms with Gasteiger partial charge >= 0.3 is 0 Å². The number of benzene rings is 1. The topological polar surface area (TPSA) is 90.7 Å². The fourth-order valence-corrected chi connectivity index (χ4v) is 3.51. The van der Waals surface area contributed by atoms with Crippen molar-refractivity contribution in [1.29, 1.82) is 0 Å². The molecular weight excluding hydrogens is 354 g/mol. The molecule has 0 radical (unpaired) electrons. The highest BCUT2D eigenvalue weighted by Crippen LogP contribution is 2.21. The number of amides is 2. The second-order valence-corrected chi connectivity index (χ2v) is 7.02. The number of piperidine rings is 1. The number of rotatable bonds is 7. The van der Waals surface area contributed by atoms with Crippen molar-refractivity contribution in [1.82, 2.24) is 10.2 Å². The van der Waals surface area contributed by atoms with Gasteiger partial charge in [-0.1, -0.05) is 13.8 Å². The second kappa shape index (κ2) is 11.7. The normalized spacial score (nSPS) is 20.2. The number of hydrogen-bond donors (Lipinski definition) is 3. The van der Waals surface area contributed by atoms with E-state index in [9.17, 15) is 9.59 Å². The summed E-state index contributed by atoms with van der Waals surface area (Å²) in [6, 6.07) is 7.87. The minimum Gasteiger partial charge on any atom is -0.374 e. The monoisotopic (exact) mass is 389 g/mol. The molecule has 7 heteroatoms. The first kappa shape index (κ1) is 22.2. The van der Waals surface area contributed by atoms with Crippen LogP contribution in [0.4, 0.5) is 11.4 Å². The lowest BCUT2D eigenvalue weighted by Crippen LogP contribution is -2.47. The predicted octanol–water partition coefficient (Wildman–Crippen LogP) is 1.79. The minimum atomic E-state index is -0.337. The molecular formula is C21H35N5O2. The number of nitrogens with zero attached hydrogens (tertiary/aromatic N) is 2. The Labute approximate surface area is 168 Å². The summed E-state index contributed by atoms with van der Waals surface area (Å²) in [7, 11) is 0. The highest BCUT2D eigenvalue weighted by molar-refractivity contribution is 6.01. The molecule has 1 unspecified atom stereocenters. The van der Waals surface area contributed by atoms with Gasteiger partial charge in [-0.05, 0) is 56.6 Å². The Balaban J connectivity index is 0.00000136. The molecule has 1 aromatic carbocycles. The quantitative estimate of drug-likeness (QED) is 0.487. The molecule has 156 valence electrons. The van der Waals surface area contributed by atoms with Gasteiger partial charge in [0.25, 0.3) is 0 Å². The number of unbranched alkanes of at least 4 members (excludes halogenated alkanes) is 1. The van der Waals surface area contributed by atoms with Crippen molar-refractivity contribution in [3.63, 3.8) is 0 Å². The van der Waals surface area contributed by atoms with Crippen LogP contribution in [0.1, 0.15) is 39.5 Å². The molecule has 2 aliphatic heterocycles. The Morgan fingerprint density at radius 1 is 1.07 bits per heavy atom. The molecule has 0 saturated carbocycles. The summed E-state index contributed by atoms with van der Waals surface area (Å²) >= 11 is 0. The van der Waals surface area contributed by atoms with Crippen LogP contribution in [0.5, 0.6) is 0 Å². The molecule has 2 heterocycles. The number of carbonyl (C=O) groups is 2. The summed E-state index contributed by atoms with van der Waals surface area (Å²) < 4.78 is 0. The maximum atomic E-state index is 11.8. The molecule has 2 saturated heterocycles. The second-order valence-electron chi connectivity index (χ2n) is 7.02. The summed E-state index contributed by atoms with van der Waals surface area (Å²) in [4.78, 5) is 28.0. The number of imide groups is 1. The third-order valence-corrected chi connectivity index (χ3v) is 5.11. The molecule has 0 aromatic heterocycles. The summed E-state index contributed by atoms with van der Waals surface area (Å²) in [5.74, 6) is -0.429. The lowest BCUT2D eigenvalue weighted by molar-refractivity contribution is -0.133. The van der Waals surface area contributed by atoms with E-state index in [-0.39, 0.29) is 17.9 Å². The van der Waals surface area contributed by atoms with E-state index in [1.807, 2.05) is 26.0 Å². The van der Waals surface area contributed by atoms with Gasteiger partial charge < -0.3 is 16.0 Å². The van der Waals surface area contributed by atoms with Crippen LogP contribution in [0, 0.1) is 0 Å². The average Bonchev–Trinajstić information content (AvgIpc) is 2.73. The van der Waals surface area contributed by atoms with Crippen LogP contribution in [-0.2, 0) is 9.59 Å². The van der Waals surface area contributed by atoms with Crippen LogP contribution in [0.15, 0.2) is 24.3 Å². The van der Waals surface area contributed by atoms with E-state index < -0.39 is 0 Å². The molecule has 0 bridgehead atoms. The summed E-state index contributed by atoms with van der Waals surface area (Å²) in [6.07, 6.45) is 3.20. The molecule has 28 heavy (non-hydrogen) atoms. The van der Waals surface area contributed by atoms with Crippen LogP contribution in [-0.4, -0.2) is 62.0 Å². The van der Waals surface area contributed by atoms with E-state index in [2.05, 4.69) is 32.6 Å². The largest absolute Gasteiger partial charge is 0.374 e. The van der Waals surface area contributed by atoms with E-state index in [1.165, 1.54) is 12.1 Å². The Bertz CT molecular complexity index is 612. The Morgan fingerprint density at radius 3 is 2.36 bits per heavy atom. The number of carbonyl (C=O) groups excluding carboxylic acids is 2. The van der Waals surface area contributed by atoms with Gasteiger partial charge in [-0.15, -0.1) is 0 Å². The van der Waals surface area contributed by atoms with Crippen LogP contribution < -0.4 is 21.3 Å². The first-order valence-electron chi connectivity index (χ1n) is 10.5. The molecule has 0 aliphatic carbocycles. The zero-order chi connectivity index (χ0) is 20.4. The van der Waals surface area contributed by atoms with Gasteiger partial charge in [0, 0.05) is 44.0 Å². The standard InChI is InChI=1S/C19H29N5O2.C2H6/c20-9-1-2-10-23-11-13-24(14-12-23)16-5-3-15(4-6-16)21-17-7-8-18(25)22-19(17)26;1-2/h3-6,17,21H,1-2,7-14,20H2,(H,22,25,26);1-2H3. The molecule has 2 aliphatic rings. The van der Waals surface area contributed by atoms with Crippen LogP contribution in [0.3, 0.4) is 0 Å². The van der Waals surface area contributed by atoms with Gasteiger partial charge in [-0.3, -0.25) is 19.8 Å². The molecule has 4 N–H and O–H groups in total. The highest BCUT2D eigenvalue weighted by atomic mass is 16.2. The fourth-order valence-electron chi connectivity index (χ4n) is 3.51. The van der Waals surface area contributed by atoms with Crippen molar-refractivity contribution in [2.24, 2.45) is 5.73 Å². The summed E-state index contributed by atoms with van der Waals surface area (Å²) in [5, 5.41) is 5.59. The molecule has 2 fully saturated rings. The molecule has 7 nitrogen and oxygen atoms in total. The zero-order valence-corrected chi connectivity index (χ0v) is 17.2. The number of nitrogens with one attached hydrogen (secondary N) is 2. The maximum Gasteiger partial charge on any atom is 0.249 e. The third kappa shape index (κ3) is 6.49. The molecule has 2 amide bonds. The molecule has 3 rings (SSSR count). The molecule has 1 atom stereocenters. The Hall–Kier alpha value is -2.12. The molecule has 0 spiro atoms. The Morgan fingerprint density at radius 2 is 1.75 bits per heavy atom. The van der Waals surface area contributed by atoms with Gasteiger partial charge in [0.2, 0.25) is 11.8 Å². The van der Waals surface area contributed by atoms with Crippen molar-refractivity contribution >= 4 is 23.2 Å². The van der Waals surface area contributed by atoms with Gasteiger partial charge in [-0.25, -0.2) is 0 Å². The predicted molar refractivity (Wildman–Crippen MR) is 115 cm³/mol. The number of piperazine rings is 1. The first-order valence-corrected chi connectivity index (χ1v) is 10.5. The van der Waals surface area contributed by atoms with Gasteiger partial charge in [0.1, 0.15) is 6.04 Å². The van der Waals surface area contributed by atoms with Gasteiger partial charge in [0.05, 0.1) is 0 Å². The van der Waals surface area contributed by atoms with Crippen LogP contribution in [0.2, 0.25) is 0 Å². The maximum absolute atomic E-state index is 11.8. The van der Waals surface area contributed by atoms with Gasteiger partial charge in [-0.2, -0.15) is 0 Å². The lowest BCUT2D eigenvalue weighted by Gasteiger charge is -2.36. The fraction of sp³-hybridized carbons (Fsp3) is 0.619. The number of anilines is 2. The molecule has 1 aromatic rings. The van der Waals surface area contributed by atoms with Crippen LogP contribution in [0.25, 0.3) is 0 Å². The Kier molecular flexibility index (Phi) is 9.23. The third-order valence-electron chi connectivity index (χ3n) is 5.11. The van der Waals surface area contributed by atoms with Crippen molar-refractivity contribution < 1.29 is 9.59 Å². The van der Waals surface area contributed by atoms with Gasteiger partial charge in [0.15, 0.2) is 0 Å². The van der Waals surface area contributed by atoms with E-state index in [0.29, 0.717) is 12.8 Å². The van der Waals surface area contributed by atoms with Crippen molar-refractivity contribution in [3.8, 4) is 0 Å². The zero-order valence-electron chi connectivity index (χ0n) is 17.2.